The molecule has 0 radical (unpaired) electrons. The van der Waals surface area contributed by atoms with Crippen molar-refractivity contribution < 1.29 is 4.79 Å². The molecule has 2 N–H and O–H groups in total. The molecule has 6 nitrogen and oxygen atoms in total. The molecular formula is C22H29N5O. The second-order valence-electron chi connectivity index (χ2n) is 7.92. The Morgan fingerprint density at radius 1 is 1.07 bits per heavy atom. The topological polar surface area (TPSA) is 70.2 Å². The summed E-state index contributed by atoms with van der Waals surface area (Å²) in [6.07, 6.45) is 8.98. The lowest BCUT2D eigenvalue weighted by Gasteiger charge is -2.35. The number of aromatic nitrogens is 2. The van der Waals surface area contributed by atoms with Crippen LogP contribution >= 0.6 is 0 Å². The number of nitrogens with one attached hydrogen (secondary N) is 2. The minimum atomic E-state index is 0.0313. The lowest BCUT2D eigenvalue weighted by molar-refractivity contribution is -0.135. The summed E-state index contributed by atoms with van der Waals surface area (Å²) in [5.41, 5.74) is 2.45. The Balaban J connectivity index is 1.36. The molecule has 0 saturated carbocycles. The van der Waals surface area contributed by atoms with Crippen LogP contribution in [0.25, 0.3) is 0 Å². The van der Waals surface area contributed by atoms with Gasteiger partial charge >= 0.3 is 0 Å². The van der Waals surface area contributed by atoms with Crippen LogP contribution in [-0.2, 0) is 4.79 Å². The van der Waals surface area contributed by atoms with Crippen LogP contribution in [-0.4, -0.2) is 46.5 Å². The van der Waals surface area contributed by atoms with Gasteiger partial charge in [-0.05, 0) is 80.5 Å². The van der Waals surface area contributed by atoms with Gasteiger partial charge in [-0.2, -0.15) is 0 Å². The van der Waals surface area contributed by atoms with Gasteiger partial charge in [-0.1, -0.05) is 6.42 Å². The molecule has 148 valence electrons. The van der Waals surface area contributed by atoms with E-state index in [0.29, 0.717) is 11.8 Å². The largest absolute Gasteiger partial charge is 0.341 e. The normalized spacial score (nSPS) is 20.8. The van der Waals surface area contributed by atoms with Crippen LogP contribution in [0.5, 0.6) is 0 Å². The number of hydrogen-bond donors (Lipinski definition) is 2. The number of amides is 1. The molecule has 28 heavy (non-hydrogen) atoms. The molecule has 2 aromatic heterocycles. The predicted molar refractivity (Wildman–Crippen MR) is 111 cm³/mol. The summed E-state index contributed by atoms with van der Waals surface area (Å²) in [6, 6.07) is 8.24. The zero-order valence-electron chi connectivity index (χ0n) is 16.5. The molecular weight excluding hydrogens is 350 g/mol. The molecule has 4 heterocycles. The van der Waals surface area contributed by atoms with E-state index in [2.05, 4.69) is 44.6 Å². The van der Waals surface area contributed by atoms with E-state index in [-0.39, 0.29) is 6.04 Å². The Morgan fingerprint density at radius 2 is 1.82 bits per heavy atom. The fourth-order valence-electron chi connectivity index (χ4n) is 4.22. The van der Waals surface area contributed by atoms with Gasteiger partial charge in [0.2, 0.25) is 5.91 Å². The van der Waals surface area contributed by atoms with Crippen LogP contribution in [0.2, 0.25) is 0 Å². The summed E-state index contributed by atoms with van der Waals surface area (Å²) < 4.78 is 0. The monoisotopic (exact) mass is 379 g/mol. The van der Waals surface area contributed by atoms with Crippen molar-refractivity contribution in [3.8, 4) is 0 Å². The van der Waals surface area contributed by atoms with Crippen molar-refractivity contribution >= 4 is 17.5 Å². The number of hydrogen-bond acceptors (Lipinski definition) is 5. The Morgan fingerprint density at radius 3 is 2.54 bits per heavy atom. The molecule has 6 heteroatoms. The number of carbonyl (C=O) groups is 1. The summed E-state index contributed by atoms with van der Waals surface area (Å²) >= 11 is 0. The number of likely N-dealkylation sites (tertiary alicyclic amines) is 1. The Labute approximate surface area is 166 Å². The number of aryl methyl sites for hydroxylation is 1. The highest BCUT2D eigenvalue weighted by Gasteiger charge is 2.29. The van der Waals surface area contributed by atoms with Gasteiger partial charge in [0.25, 0.3) is 0 Å². The van der Waals surface area contributed by atoms with E-state index in [1.165, 1.54) is 12.0 Å². The summed E-state index contributed by atoms with van der Waals surface area (Å²) in [4.78, 5) is 23.6. The van der Waals surface area contributed by atoms with Gasteiger partial charge < -0.3 is 15.5 Å². The molecule has 1 amide bonds. The molecule has 0 unspecified atom stereocenters. The maximum atomic E-state index is 12.7. The maximum absolute atomic E-state index is 12.7. The van der Waals surface area contributed by atoms with E-state index in [0.717, 1.165) is 62.5 Å². The highest BCUT2D eigenvalue weighted by molar-refractivity contribution is 5.82. The molecule has 1 atom stereocenters. The highest BCUT2D eigenvalue weighted by atomic mass is 16.2. The zero-order valence-corrected chi connectivity index (χ0v) is 16.5. The average molecular weight is 380 g/mol. The van der Waals surface area contributed by atoms with E-state index in [1.807, 2.05) is 18.3 Å². The lowest BCUT2D eigenvalue weighted by atomic mass is 9.89. The van der Waals surface area contributed by atoms with Gasteiger partial charge in [0.15, 0.2) is 0 Å². The van der Waals surface area contributed by atoms with Crippen molar-refractivity contribution in [2.75, 3.05) is 25.0 Å². The third-order valence-electron chi connectivity index (χ3n) is 5.84. The van der Waals surface area contributed by atoms with Crippen LogP contribution in [0, 0.1) is 6.92 Å². The van der Waals surface area contributed by atoms with Gasteiger partial charge in [-0.25, -0.2) is 9.97 Å². The van der Waals surface area contributed by atoms with Crippen LogP contribution in [0.4, 0.5) is 11.6 Å². The van der Waals surface area contributed by atoms with Gasteiger partial charge in [-0.15, -0.1) is 0 Å². The third-order valence-corrected chi connectivity index (χ3v) is 5.84. The minimum Gasteiger partial charge on any atom is -0.341 e. The number of nitrogens with zero attached hydrogens (tertiary/aromatic N) is 3. The van der Waals surface area contributed by atoms with Crippen LogP contribution < -0.4 is 10.6 Å². The number of piperidine rings is 2. The molecule has 4 rings (SSSR count). The molecule has 2 aliphatic heterocycles. The van der Waals surface area contributed by atoms with Crippen LogP contribution in [0.3, 0.4) is 0 Å². The number of carbonyl (C=O) groups excluding carboxylic acids is 1. The molecule has 0 aromatic carbocycles. The standard InChI is InChI=1S/C22H29N5O/c1-16-5-10-24-20(14-16)26-21-15-18(6-11-25-21)17-7-12-27(13-8-17)22(28)19-4-2-3-9-23-19/h5-6,10-11,14-15,17,19,23H,2-4,7-9,12-13H2,1H3,(H,24,25,26)/t19-/m0/s1. The second kappa shape index (κ2) is 8.69. The summed E-state index contributed by atoms with van der Waals surface area (Å²) in [6.45, 7) is 4.70. The fourth-order valence-corrected chi connectivity index (χ4v) is 4.22. The number of pyridine rings is 2. The fraction of sp³-hybridized carbons (Fsp3) is 0.500. The number of rotatable bonds is 4. The van der Waals surface area contributed by atoms with E-state index < -0.39 is 0 Å². The summed E-state index contributed by atoms with van der Waals surface area (Å²) in [7, 11) is 0. The van der Waals surface area contributed by atoms with Crippen LogP contribution in [0.15, 0.2) is 36.7 Å². The van der Waals surface area contributed by atoms with Gasteiger partial charge in [0, 0.05) is 25.5 Å². The maximum Gasteiger partial charge on any atom is 0.239 e. The first kappa shape index (κ1) is 18.9. The summed E-state index contributed by atoms with van der Waals surface area (Å²) in [5, 5.41) is 6.68. The van der Waals surface area contributed by atoms with Gasteiger partial charge in [0.05, 0.1) is 6.04 Å². The van der Waals surface area contributed by atoms with E-state index in [1.54, 1.807) is 6.20 Å². The second-order valence-corrected chi connectivity index (χ2v) is 7.92. The molecule has 0 bridgehead atoms. The van der Waals surface area contributed by atoms with E-state index in [9.17, 15) is 4.79 Å². The highest BCUT2D eigenvalue weighted by Crippen LogP contribution is 2.30. The summed E-state index contributed by atoms with van der Waals surface area (Å²) in [5.74, 6) is 2.39. The van der Waals surface area contributed by atoms with Crippen molar-refractivity contribution in [2.24, 2.45) is 0 Å². The Kier molecular flexibility index (Phi) is 5.86. The zero-order chi connectivity index (χ0) is 19.3. The van der Waals surface area contributed by atoms with E-state index >= 15 is 0 Å². The molecule has 0 spiro atoms. The van der Waals surface area contributed by atoms with Gasteiger partial charge in [0.1, 0.15) is 11.6 Å². The van der Waals surface area contributed by atoms with E-state index in [4.69, 9.17) is 0 Å². The molecule has 2 aliphatic rings. The van der Waals surface area contributed by atoms with Crippen molar-refractivity contribution in [3.05, 3.63) is 47.8 Å². The van der Waals surface area contributed by atoms with Crippen LogP contribution in [0.1, 0.15) is 49.1 Å². The number of anilines is 2. The molecule has 2 saturated heterocycles. The Hall–Kier alpha value is -2.47. The molecule has 2 aromatic rings. The molecule has 2 fully saturated rings. The first-order valence-electron chi connectivity index (χ1n) is 10.4. The Bertz CT molecular complexity index is 810. The quantitative estimate of drug-likeness (QED) is 0.852. The van der Waals surface area contributed by atoms with Crippen molar-refractivity contribution in [2.45, 2.75) is 51.0 Å². The lowest BCUT2D eigenvalue weighted by Crippen LogP contribution is -2.50. The van der Waals surface area contributed by atoms with Gasteiger partial charge in [-0.3, -0.25) is 4.79 Å². The minimum absolute atomic E-state index is 0.0313. The smallest absolute Gasteiger partial charge is 0.239 e. The van der Waals surface area contributed by atoms with Crippen molar-refractivity contribution in [3.63, 3.8) is 0 Å². The first-order chi connectivity index (χ1) is 13.7. The van der Waals surface area contributed by atoms with Crippen molar-refractivity contribution in [1.82, 2.24) is 20.2 Å². The molecule has 0 aliphatic carbocycles. The average Bonchev–Trinajstić information content (AvgIpc) is 2.74. The SMILES string of the molecule is Cc1ccnc(Nc2cc(C3CCN(C(=O)[C@@H]4CCCCN4)CC3)ccn2)c1. The first-order valence-corrected chi connectivity index (χ1v) is 10.4. The predicted octanol–water partition coefficient (Wildman–Crippen LogP) is 3.38. The third kappa shape index (κ3) is 4.50. The van der Waals surface area contributed by atoms with Crippen molar-refractivity contribution in [1.29, 1.82) is 0 Å².